The summed E-state index contributed by atoms with van der Waals surface area (Å²) >= 11 is 2.17. The quantitative estimate of drug-likeness (QED) is 0.455. The van der Waals surface area contributed by atoms with Gasteiger partial charge in [0.2, 0.25) is 0 Å². The second kappa shape index (κ2) is 5.78. The maximum absolute atomic E-state index is 11.6. The second-order valence-corrected chi connectivity index (χ2v) is 5.40. The Kier molecular flexibility index (Phi) is 5.78. The molecule has 3 nitrogen and oxygen atoms in total. The largest absolute Gasteiger partial charge is 0.444 e. The number of carbonyl (C=O) groups is 1. The minimum Gasteiger partial charge on any atom is -0.444 e. The summed E-state index contributed by atoms with van der Waals surface area (Å²) in [7, 11) is 0. The first-order valence-electron chi connectivity index (χ1n) is 4.80. The molecule has 0 rings (SSSR count). The summed E-state index contributed by atoms with van der Waals surface area (Å²) < 4.78 is 5.95. The Balaban J connectivity index is 4.18. The van der Waals surface area contributed by atoms with Crippen molar-refractivity contribution >= 4 is 28.7 Å². The van der Waals surface area contributed by atoms with Crippen molar-refractivity contribution in [3.63, 3.8) is 0 Å². The van der Waals surface area contributed by atoms with Gasteiger partial charge in [0.25, 0.3) is 0 Å². The number of halogens is 1. The van der Waals surface area contributed by atoms with Crippen LogP contribution in [0.2, 0.25) is 0 Å². The van der Waals surface area contributed by atoms with Crippen molar-refractivity contribution in [1.82, 2.24) is 4.90 Å². The summed E-state index contributed by atoms with van der Waals surface area (Å²) in [6.07, 6.45) is -0.222. The molecule has 0 atom stereocenters. The predicted molar refractivity (Wildman–Crippen MR) is 66.7 cm³/mol. The van der Waals surface area contributed by atoms with Gasteiger partial charge in [-0.3, -0.25) is 4.90 Å². The van der Waals surface area contributed by atoms with Gasteiger partial charge < -0.3 is 4.74 Å². The van der Waals surface area contributed by atoms with E-state index in [9.17, 15) is 4.79 Å². The number of hydrogen-bond donors (Lipinski definition) is 0. The molecule has 0 unspecified atom stereocenters. The Labute approximate surface area is 100 Å². The fourth-order valence-electron chi connectivity index (χ4n) is 0.939. The van der Waals surface area contributed by atoms with Gasteiger partial charge in [-0.15, -0.1) is 0 Å². The maximum atomic E-state index is 11.6. The van der Waals surface area contributed by atoms with Gasteiger partial charge in [-0.05, 0) is 26.7 Å². The van der Waals surface area contributed by atoms with E-state index in [-0.39, 0.29) is 6.09 Å². The SMILES string of the molecule is CC(C)CN(CI)C(=O)OC(C)(C)C. The first kappa shape index (κ1) is 14.0. The molecular formula is C10H20INO2. The maximum Gasteiger partial charge on any atom is 0.410 e. The summed E-state index contributed by atoms with van der Waals surface area (Å²) in [5, 5.41) is 0. The zero-order valence-electron chi connectivity index (χ0n) is 9.63. The van der Waals surface area contributed by atoms with Gasteiger partial charge in [0.1, 0.15) is 5.60 Å². The fourth-order valence-corrected chi connectivity index (χ4v) is 1.50. The highest BCUT2D eigenvalue weighted by Gasteiger charge is 2.21. The zero-order valence-corrected chi connectivity index (χ0v) is 11.8. The minimum absolute atomic E-state index is 0.222. The number of amides is 1. The van der Waals surface area contributed by atoms with Crippen LogP contribution < -0.4 is 0 Å². The Morgan fingerprint density at radius 3 is 2.21 bits per heavy atom. The molecule has 0 radical (unpaired) electrons. The van der Waals surface area contributed by atoms with Crippen LogP contribution in [0.25, 0.3) is 0 Å². The summed E-state index contributed by atoms with van der Waals surface area (Å²) in [4.78, 5) is 13.3. The summed E-state index contributed by atoms with van der Waals surface area (Å²) in [5.74, 6) is 0.470. The second-order valence-electron chi connectivity index (χ2n) is 4.72. The standard InChI is InChI=1S/C10H20INO2/c1-8(2)6-12(7-11)9(13)14-10(3,4)5/h8H,6-7H2,1-5H3. The lowest BCUT2D eigenvalue weighted by Crippen LogP contribution is -2.37. The van der Waals surface area contributed by atoms with Crippen LogP contribution in [0.1, 0.15) is 34.6 Å². The number of hydrogen-bond acceptors (Lipinski definition) is 2. The van der Waals surface area contributed by atoms with Crippen LogP contribution in [0.15, 0.2) is 0 Å². The Morgan fingerprint density at radius 2 is 1.93 bits per heavy atom. The molecule has 4 heteroatoms. The number of carbonyl (C=O) groups excluding carboxylic acids is 1. The van der Waals surface area contributed by atoms with Crippen LogP contribution in [0, 0.1) is 5.92 Å². The van der Waals surface area contributed by atoms with Crippen molar-refractivity contribution < 1.29 is 9.53 Å². The van der Waals surface area contributed by atoms with Crippen LogP contribution in [-0.2, 0) is 4.74 Å². The number of nitrogens with zero attached hydrogens (tertiary/aromatic N) is 1. The van der Waals surface area contributed by atoms with Crippen LogP contribution in [0.4, 0.5) is 4.79 Å². The van der Waals surface area contributed by atoms with Crippen molar-refractivity contribution in [2.75, 3.05) is 11.1 Å². The summed E-state index contributed by atoms with van der Waals surface area (Å²) in [5.41, 5.74) is -0.405. The predicted octanol–water partition coefficient (Wildman–Crippen LogP) is 3.27. The molecule has 0 aliphatic rings. The average Bonchev–Trinajstić information content (AvgIpc) is 1.96. The molecule has 0 aromatic rings. The smallest absolute Gasteiger partial charge is 0.410 e. The highest BCUT2D eigenvalue weighted by Crippen LogP contribution is 2.12. The van der Waals surface area contributed by atoms with E-state index in [2.05, 4.69) is 36.4 Å². The molecule has 0 bridgehead atoms. The van der Waals surface area contributed by atoms with E-state index >= 15 is 0 Å². The lowest BCUT2D eigenvalue weighted by Gasteiger charge is -2.27. The van der Waals surface area contributed by atoms with E-state index < -0.39 is 5.60 Å². The molecule has 0 saturated carbocycles. The molecule has 1 amide bonds. The molecule has 0 aliphatic carbocycles. The molecular weight excluding hydrogens is 293 g/mol. The van der Waals surface area contributed by atoms with Gasteiger partial charge in [0.05, 0.1) is 4.55 Å². The van der Waals surface area contributed by atoms with Crippen molar-refractivity contribution in [3.05, 3.63) is 0 Å². The first-order valence-corrected chi connectivity index (χ1v) is 6.32. The van der Waals surface area contributed by atoms with Gasteiger partial charge in [-0.25, -0.2) is 4.79 Å². The third-order valence-electron chi connectivity index (χ3n) is 1.38. The van der Waals surface area contributed by atoms with Crippen LogP contribution in [0.3, 0.4) is 0 Å². The third kappa shape index (κ3) is 6.45. The van der Waals surface area contributed by atoms with Gasteiger partial charge >= 0.3 is 6.09 Å². The molecule has 0 aliphatic heterocycles. The van der Waals surface area contributed by atoms with Gasteiger partial charge in [0.15, 0.2) is 0 Å². The molecule has 0 N–H and O–H groups in total. The zero-order chi connectivity index (χ0) is 11.4. The molecule has 0 saturated heterocycles. The minimum atomic E-state index is -0.405. The number of rotatable bonds is 3. The molecule has 0 aromatic carbocycles. The molecule has 0 fully saturated rings. The van der Waals surface area contributed by atoms with Gasteiger partial charge in [-0.1, -0.05) is 36.4 Å². The fraction of sp³-hybridized carbons (Fsp3) is 0.900. The average molecular weight is 313 g/mol. The van der Waals surface area contributed by atoms with E-state index in [1.54, 1.807) is 4.90 Å². The Bertz CT molecular complexity index is 187. The van der Waals surface area contributed by atoms with Crippen molar-refractivity contribution in [3.8, 4) is 0 Å². The highest BCUT2D eigenvalue weighted by molar-refractivity contribution is 14.1. The highest BCUT2D eigenvalue weighted by atomic mass is 127. The first-order chi connectivity index (χ1) is 6.26. The summed E-state index contributed by atoms with van der Waals surface area (Å²) in [6, 6.07) is 0. The number of ether oxygens (including phenoxy) is 1. The van der Waals surface area contributed by atoms with Crippen LogP contribution >= 0.6 is 22.6 Å². The van der Waals surface area contributed by atoms with Gasteiger partial charge in [-0.2, -0.15) is 0 Å². The van der Waals surface area contributed by atoms with E-state index in [1.807, 2.05) is 20.8 Å². The van der Waals surface area contributed by atoms with Crippen molar-refractivity contribution in [2.45, 2.75) is 40.2 Å². The Morgan fingerprint density at radius 1 is 1.43 bits per heavy atom. The molecule has 0 aromatic heterocycles. The van der Waals surface area contributed by atoms with Crippen molar-refractivity contribution in [2.24, 2.45) is 5.92 Å². The van der Waals surface area contributed by atoms with Gasteiger partial charge in [0, 0.05) is 6.54 Å². The van der Waals surface area contributed by atoms with Crippen LogP contribution in [0.5, 0.6) is 0 Å². The Hall–Kier alpha value is 0. The molecule has 84 valence electrons. The molecule has 0 spiro atoms. The molecule has 0 heterocycles. The normalized spacial score (nSPS) is 11.6. The van der Waals surface area contributed by atoms with E-state index in [1.165, 1.54) is 0 Å². The monoisotopic (exact) mass is 313 g/mol. The van der Waals surface area contributed by atoms with E-state index in [4.69, 9.17) is 4.74 Å². The lowest BCUT2D eigenvalue weighted by atomic mass is 10.2. The lowest BCUT2D eigenvalue weighted by molar-refractivity contribution is 0.0274. The topological polar surface area (TPSA) is 29.5 Å². The number of alkyl halides is 1. The van der Waals surface area contributed by atoms with E-state index in [0.717, 1.165) is 6.54 Å². The van der Waals surface area contributed by atoms with Crippen molar-refractivity contribution in [1.29, 1.82) is 0 Å². The van der Waals surface area contributed by atoms with Crippen LogP contribution in [-0.4, -0.2) is 27.7 Å². The summed E-state index contributed by atoms with van der Waals surface area (Å²) in [6.45, 7) is 10.6. The van der Waals surface area contributed by atoms with E-state index in [0.29, 0.717) is 10.5 Å². The molecule has 14 heavy (non-hydrogen) atoms. The third-order valence-corrected chi connectivity index (χ3v) is 2.21.